The van der Waals surface area contributed by atoms with Crippen molar-refractivity contribution in [1.82, 2.24) is 0 Å². The van der Waals surface area contributed by atoms with E-state index in [0.717, 1.165) is 36.4 Å². The van der Waals surface area contributed by atoms with E-state index >= 15 is 0 Å². The van der Waals surface area contributed by atoms with Gasteiger partial charge in [-0.2, -0.15) is 0 Å². The van der Waals surface area contributed by atoms with Crippen LogP contribution in [0.2, 0.25) is 0 Å². The molecular weight excluding hydrogens is 344 g/mol. The predicted molar refractivity (Wildman–Crippen MR) is 120 cm³/mol. The summed E-state index contributed by atoms with van der Waals surface area (Å²) in [6, 6.07) is 8.05. The van der Waals surface area contributed by atoms with E-state index in [9.17, 15) is 0 Å². The number of unbranched alkanes of at least 4 members (excludes halogenated alkanes) is 5. The summed E-state index contributed by atoms with van der Waals surface area (Å²) >= 11 is 0. The first-order chi connectivity index (χ1) is 13.8. The summed E-state index contributed by atoms with van der Waals surface area (Å²) in [5.74, 6) is 3.60. The number of allylic oxidation sites excluding steroid dienone is 1. The Kier molecular flexibility index (Phi) is 11.9. The molecule has 0 unspecified atom stereocenters. The van der Waals surface area contributed by atoms with Gasteiger partial charge in [0.1, 0.15) is 18.1 Å². The van der Waals surface area contributed by atoms with Crippen molar-refractivity contribution in [3.05, 3.63) is 36.4 Å². The molecule has 28 heavy (non-hydrogen) atoms. The van der Waals surface area contributed by atoms with Crippen LogP contribution < -0.4 is 9.47 Å². The number of hydrogen-bond acceptors (Lipinski definition) is 2. The van der Waals surface area contributed by atoms with Gasteiger partial charge in [-0.05, 0) is 68.2 Å². The van der Waals surface area contributed by atoms with Crippen LogP contribution in [0.5, 0.6) is 11.5 Å². The molecule has 1 fully saturated rings. The van der Waals surface area contributed by atoms with Gasteiger partial charge in [-0.1, -0.05) is 70.9 Å². The molecule has 0 radical (unpaired) electrons. The van der Waals surface area contributed by atoms with E-state index in [2.05, 4.69) is 26.0 Å². The van der Waals surface area contributed by atoms with Crippen molar-refractivity contribution in [2.45, 2.75) is 90.9 Å². The third kappa shape index (κ3) is 9.66. The molecule has 0 aromatic heterocycles. The lowest BCUT2D eigenvalue weighted by Gasteiger charge is -2.26. The van der Waals surface area contributed by atoms with Gasteiger partial charge in [-0.3, -0.25) is 0 Å². The van der Waals surface area contributed by atoms with Gasteiger partial charge < -0.3 is 9.47 Å². The van der Waals surface area contributed by atoms with E-state index < -0.39 is 0 Å². The Hall–Kier alpha value is -1.44. The van der Waals surface area contributed by atoms with Gasteiger partial charge in [-0.15, -0.1) is 0 Å². The third-order valence-corrected chi connectivity index (χ3v) is 5.95. The van der Waals surface area contributed by atoms with Crippen molar-refractivity contribution < 1.29 is 9.47 Å². The maximum absolute atomic E-state index is 5.85. The first-order valence-electron chi connectivity index (χ1n) is 11.8. The Labute approximate surface area is 173 Å². The fraction of sp³-hybridized carbons (Fsp3) is 0.692. The average Bonchev–Trinajstić information content (AvgIpc) is 2.73. The number of hydrogen-bond donors (Lipinski definition) is 0. The van der Waals surface area contributed by atoms with E-state index in [4.69, 9.17) is 9.47 Å². The number of benzene rings is 1. The second-order valence-electron chi connectivity index (χ2n) is 8.40. The molecule has 1 aromatic carbocycles. The van der Waals surface area contributed by atoms with Gasteiger partial charge >= 0.3 is 0 Å². The summed E-state index contributed by atoms with van der Waals surface area (Å²) in [7, 11) is 0. The van der Waals surface area contributed by atoms with Gasteiger partial charge in [0.25, 0.3) is 0 Å². The summed E-state index contributed by atoms with van der Waals surface area (Å²) in [5.41, 5.74) is 0. The Bertz CT molecular complexity index is 512. The van der Waals surface area contributed by atoms with Crippen LogP contribution >= 0.6 is 0 Å². The van der Waals surface area contributed by atoms with E-state index in [1.807, 2.05) is 24.3 Å². The minimum absolute atomic E-state index is 0.660. The van der Waals surface area contributed by atoms with E-state index in [-0.39, 0.29) is 0 Å². The first-order valence-corrected chi connectivity index (χ1v) is 11.8. The molecule has 2 nitrogen and oxygen atoms in total. The molecule has 0 aliphatic heterocycles. The van der Waals surface area contributed by atoms with Crippen molar-refractivity contribution in [2.24, 2.45) is 11.8 Å². The topological polar surface area (TPSA) is 18.5 Å². The molecule has 0 amide bonds. The molecular formula is C26H42O2. The zero-order valence-electron chi connectivity index (χ0n) is 18.3. The van der Waals surface area contributed by atoms with Crippen LogP contribution in [0.4, 0.5) is 0 Å². The molecule has 1 aliphatic rings. The SMILES string of the molecule is CCCCCCOc1ccc(OCC=CC2CCC(CCCCC)CC2)cc1. The molecule has 1 aliphatic carbocycles. The van der Waals surface area contributed by atoms with Gasteiger partial charge in [0.15, 0.2) is 0 Å². The van der Waals surface area contributed by atoms with Crippen LogP contribution in [-0.4, -0.2) is 13.2 Å². The molecule has 1 saturated carbocycles. The van der Waals surface area contributed by atoms with Gasteiger partial charge in [0.05, 0.1) is 6.61 Å². The monoisotopic (exact) mass is 386 g/mol. The Morgan fingerprint density at radius 1 is 0.786 bits per heavy atom. The third-order valence-electron chi connectivity index (χ3n) is 5.95. The normalized spacial score (nSPS) is 19.8. The van der Waals surface area contributed by atoms with E-state index in [0.29, 0.717) is 6.61 Å². The quantitative estimate of drug-likeness (QED) is 0.238. The maximum atomic E-state index is 5.85. The molecule has 0 atom stereocenters. The van der Waals surface area contributed by atoms with Gasteiger partial charge in [0.2, 0.25) is 0 Å². The molecule has 2 heteroatoms. The predicted octanol–water partition coefficient (Wildman–Crippen LogP) is 7.97. The van der Waals surface area contributed by atoms with Crippen LogP contribution in [0.15, 0.2) is 36.4 Å². The largest absolute Gasteiger partial charge is 0.494 e. The fourth-order valence-electron chi connectivity index (χ4n) is 4.10. The molecule has 0 N–H and O–H groups in total. The minimum Gasteiger partial charge on any atom is -0.494 e. The van der Waals surface area contributed by atoms with Crippen molar-refractivity contribution in [3.63, 3.8) is 0 Å². The zero-order valence-corrected chi connectivity index (χ0v) is 18.3. The van der Waals surface area contributed by atoms with E-state index in [1.54, 1.807) is 0 Å². The van der Waals surface area contributed by atoms with Crippen molar-refractivity contribution >= 4 is 0 Å². The van der Waals surface area contributed by atoms with Crippen LogP contribution in [0.3, 0.4) is 0 Å². The highest BCUT2D eigenvalue weighted by Gasteiger charge is 2.18. The second kappa shape index (κ2) is 14.5. The van der Waals surface area contributed by atoms with Gasteiger partial charge in [0, 0.05) is 0 Å². The highest BCUT2D eigenvalue weighted by Crippen LogP contribution is 2.32. The van der Waals surface area contributed by atoms with Crippen molar-refractivity contribution in [2.75, 3.05) is 13.2 Å². The summed E-state index contributed by atoms with van der Waals surface area (Å²) in [5, 5.41) is 0. The summed E-state index contributed by atoms with van der Waals surface area (Å²) < 4.78 is 11.6. The summed E-state index contributed by atoms with van der Waals surface area (Å²) in [6.07, 6.45) is 20.7. The van der Waals surface area contributed by atoms with Crippen molar-refractivity contribution in [1.29, 1.82) is 0 Å². The Balaban J connectivity index is 1.56. The second-order valence-corrected chi connectivity index (χ2v) is 8.40. The first kappa shape index (κ1) is 22.8. The Morgan fingerprint density at radius 3 is 2.11 bits per heavy atom. The molecule has 1 aromatic rings. The minimum atomic E-state index is 0.660. The molecule has 158 valence electrons. The number of rotatable bonds is 14. The van der Waals surface area contributed by atoms with Crippen LogP contribution in [0.1, 0.15) is 90.9 Å². The molecule has 0 saturated heterocycles. The van der Waals surface area contributed by atoms with Crippen LogP contribution in [-0.2, 0) is 0 Å². The zero-order chi connectivity index (χ0) is 19.9. The lowest BCUT2D eigenvalue weighted by Crippen LogP contribution is -2.13. The summed E-state index contributed by atoms with van der Waals surface area (Å²) in [6.45, 7) is 5.99. The molecule has 2 rings (SSSR count). The van der Waals surface area contributed by atoms with Crippen LogP contribution in [0, 0.1) is 11.8 Å². The molecule has 0 heterocycles. The average molecular weight is 387 g/mol. The highest BCUT2D eigenvalue weighted by atomic mass is 16.5. The van der Waals surface area contributed by atoms with E-state index in [1.165, 1.54) is 70.6 Å². The standard InChI is InChI=1S/C26H42O2/c1-3-5-7-9-21-27-25-17-19-26(20-18-25)28-22-10-12-24-15-13-23(14-16-24)11-8-6-4-2/h10,12,17-20,23-24H,3-9,11,13-16,21-22H2,1-2H3. The lowest BCUT2D eigenvalue weighted by atomic mass is 9.79. The highest BCUT2D eigenvalue weighted by molar-refractivity contribution is 5.31. The lowest BCUT2D eigenvalue weighted by molar-refractivity contribution is 0.288. The number of ether oxygens (including phenoxy) is 2. The fourth-order valence-corrected chi connectivity index (χ4v) is 4.10. The maximum Gasteiger partial charge on any atom is 0.120 e. The van der Waals surface area contributed by atoms with Gasteiger partial charge in [-0.25, -0.2) is 0 Å². The molecule has 0 bridgehead atoms. The molecule has 0 spiro atoms. The summed E-state index contributed by atoms with van der Waals surface area (Å²) in [4.78, 5) is 0. The Morgan fingerprint density at radius 2 is 1.43 bits per heavy atom. The van der Waals surface area contributed by atoms with Crippen molar-refractivity contribution in [3.8, 4) is 11.5 Å². The van der Waals surface area contributed by atoms with Crippen LogP contribution in [0.25, 0.3) is 0 Å². The smallest absolute Gasteiger partial charge is 0.120 e.